The van der Waals surface area contributed by atoms with Crippen LogP contribution in [0.1, 0.15) is 54.3 Å². The van der Waals surface area contributed by atoms with Gasteiger partial charge in [0.25, 0.3) is 5.91 Å². The van der Waals surface area contributed by atoms with Crippen LogP contribution in [0.25, 0.3) is 11.0 Å². The molecule has 0 saturated heterocycles. The number of hydrogen-bond acceptors (Lipinski definition) is 6. The molecule has 0 bridgehead atoms. The molecule has 1 aromatic carbocycles. The Morgan fingerprint density at radius 2 is 1.81 bits per heavy atom. The number of benzene rings is 1. The van der Waals surface area contributed by atoms with Gasteiger partial charge in [-0.05, 0) is 37.1 Å². The first-order valence-electron chi connectivity index (χ1n) is 11.0. The Morgan fingerprint density at radius 3 is 2.62 bits per heavy atom. The summed E-state index contributed by atoms with van der Waals surface area (Å²) < 4.78 is 11.3. The molecule has 1 aliphatic carbocycles. The lowest BCUT2D eigenvalue weighted by Crippen LogP contribution is -2.32. The minimum atomic E-state index is -0.707. The quantitative estimate of drug-likeness (QED) is 0.573. The highest BCUT2D eigenvalue weighted by molar-refractivity contribution is 6.10. The number of Topliss-reactive ketones (excluding diaryl/α,β-unsaturated/α-hetero) is 1. The molecule has 32 heavy (non-hydrogen) atoms. The maximum atomic E-state index is 13.3. The first-order valence-corrected chi connectivity index (χ1v) is 11.0. The molecule has 1 atom stereocenters. The minimum absolute atomic E-state index is 0.0207. The summed E-state index contributed by atoms with van der Waals surface area (Å²) in [6.07, 6.45) is 4.50. The molecule has 0 N–H and O–H groups in total. The number of methoxy groups -OCH3 is 1. The van der Waals surface area contributed by atoms with Crippen molar-refractivity contribution in [3.8, 4) is 5.88 Å². The van der Waals surface area contributed by atoms with Gasteiger partial charge in [-0.3, -0.25) is 14.5 Å². The van der Waals surface area contributed by atoms with Crippen LogP contribution < -0.4 is 9.64 Å². The lowest BCUT2D eigenvalue weighted by atomic mass is 9.86. The van der Waals surface area contributed by atoms with Crippen LogP contribution in [0.4, 0.5) is 5.82 Å². The number of amides is 1. The number of ether oxygens (including phenoxy) is 2. The van der Waals surface area contributed by atoms with Crippen molar-refractivity contribution in [2.45, 2.75) is 38.3 Å². The van der Waals surface area contributed by atoms with E-state index >= 15 is 0 Å². The fourth-order valence-electron chi connectivity index (χ4n) is 4.59. The average molecular weight is 431 g/mol. The summed E-state index contributed by atoms with van der Waals surface area (Å²) in [4.78, 5) is 36.6. The number of rotatable bonds is 6. The highest BCUT2D eigenvalue weighted by Gasteiger charge is 2.39. The van der Waals surface area contributed by atoms with Crippen LogP contribution in [0.3, 0.4) is 0 Å². The van der Waals surface area contributed by atoms with Gasteiger partial charge >= 0.3 is 0 Å². The molecule has 164 valence electrons. The third-order valence-electron chi connectivity index (χ3n) is 6.32. The summed E-state index contributed by atoms with van der Waals surface area (Å²) >= 11 is 0. The van der Waals surface area contributed by atoms with Gasteiger partial charge in [-0.25, -0.2) is 4.98 Å². The van der Waals surface area contributed by atoms with E-state index in [1.54, 1.807) is 25.3 Å². The maximum absolute atomic E-state index is 13.3. The number of nitrogens with zero attached hydrogens (tertiary/aromatic N) is 3. The molecule has 7 heteroatoms. The molecule has 1 amide bonds. The van der Waals surface area contributed by atoms with Gasteiger partial charge in [-0.1, -0.05) is 37.5 Å². The summed E-state index contributed by atoms with van der Waals surface area (Å²) in [5.41, 5.74) is 1.78. The Kier molecular flexibility index (Phi) is 5.57. The van der Waals surface area contributed by atoms with Crippen LogP contribution >= 0.6 is 0 Å². The van der Waals surface area contributed by atoms with Crippen LogP contribution in [-0.2, 0) is 9.53 Å². The average Bonchev–Trinajstić information content (AvgIpc) is 3.14. The van der Waals surface area contributed by atoms with Crippen LogP contribution in [-0.4, -0.2) is 35.4 Å². The van der Waals surface area contributed by atoms with Gasteiger partial charge in [0.2, 0.25) is 5.88 Å². The second-order valence-electron chi connectivity index (χ2n) is 8.30. The van der Waals surface area contributed by atoms with Crippen molar-refractivity contribution < 1.29 is 19.1 Å². The standard InChI is InChI=1S/C25H25N3O4/c1-31-22-14-12-17-11-13-21(26-23(17)27-22)28-24(30)18-9-5-6-10-19(18)25(28)32-15-20(29)16-7-3-2-4-8-16/h5-6,9-14,16,25H,2-4,7-8,15H2,1H3. The Hall–Kier alpha value is -3.32. The molecule has 1 aliphatic heterocycles. The summed E-state index contributed by atoms with van der Waals surface area (Å²) in [5, 5.41) is 0.837. The summed E-state index contributed by atoms with van der Waals surface area (Å²) in [6.45, 7) is -0.0207. The van der Waals surface area contributed by atoms with E-state index in [4.69, 9.17) is 9.47 Å². The van der Waals surface area contributed by atoms with Crippen LogP contribution in [0, 0.1) is 5.92 Å². The molecular formula is C25H25N3O4. The van der Waals surface area contributed by atoms with Crippen LogP contribution in [0.2, 0.25) is 0 Å². The molecule has 0 radical (unpaired) electrons. The number of anilines is 1. The van der Waals surface area contributed by atoms with Crippen LogP contribution in [0.5, 0.6) is 5.88 Å². The van der Waals surface area contributed by atoms with E-state index < -0.39 is 6.23 Å². The summed E-state index contributed by atoms with van der Waals surface area (Å²) in [7, 11) is 1.55. The largest absolute Gasteiger partial charge is 0.481 e. The smallest absolute Gasteiger partial charge is 0.262 e. The first-order chi connectivity index (χ1) is 15.7. The number of fused-ring (bicyclic) bond motifs is 2. The third kappa shape index (κ3) is 3.73. The van der Waals surface area contributed by atoms with Gasteiger partial charge < -0.3 is 9.47 Å². The molecular weight excluding hydrogens is 406 g/mol. The monoisotopic (exact) mass is 431 g/mol. The zero-order chi connectivity index (χ0) is 22.1. The highest BCUT2D eigenvalue weighted by atomic mass is 16.5. The number of hydrogen-bond donors (Lipinski definition) is 0. The van der Waals surface area contributed by atoms with Crippen LogP contribution in [0.15, 0.2) is 48.5 Å². The van der Waals surface area contributed by atoms with Crippen molar-refractivity contribution in [2.75, 3.05) is 18.6 Å². The van der Waals surface area contributed by atoms with E-state index in [1.807, 2.05) is 30.3 Å². The summed E-state index contributed by atoms with van der Waals surface area (Å²) in [6, 6.07) is 14.6. The van der Waals surface area contributed by atoms with E-state index in [0.29, 0.717) is 22.9 Å². The molecule has 0 spiro atoms. The van der Waals surface area contributed by atoms with Gasteiger partial charge in [0.05, 0.1) is 7.11 Å². The molecule has 1 saturated carbocycles. The van der Waals surface area contributed by atoms with E-state index in [9.17, 15) is 9.59 Å². The van der Waals surface area contributed by atoms with Gasteiger partial charge in [-0.2, -0.15) is 4.98 Å². The number of ketones is 1. The zero-order valence-electron chi connectivity index (χ0n) is 18.0. The fourth-order valence-corrected chi connectivity index (χ4v) is 4.59. The zero-order valence-corrected chi connectivity index (χ0v) is 18.0. The van der Waals surface area contributed by atoms with Crippen molar-refractivity contribution in [1.82, 2.24) is 9.97 Å². The molecule has 2 aromatic heterocycles. The normalized spacial score (nSPS) is 18.7. The van der Waals surface area contributed by atoms with Crippen molar-refractivity contribution in [1.29, 1.82) is 0 Å². The predicted octanol–water partition coefficient (Wildman–Crippen LogP) is 4.46. The Balaban J connectivity index is 1.46. The fraction of sp³-hybridized carbons (Fsp3) is 0.360. The number of pyridine rings is 2. The SMILES string of the molecule is COc1ccc2ccc(N3C(=O)c4ccccc4C3OCC(=O)C3CCCCC3)nc2n1. The third-order valence-corrected chi connectivity index (χ3v) is 6.32. The number of aromatic nitrogens is 2. The van der Waals surface area contributed by atoms with Crippen molar-refractivity contribution >= 4 is 28.5 Å². The predicted molar refractivity (Wildman–Crippen MR) is 120 cm³/mol. The Labute approximate surface area is 186 Å². The lowest BCUT2D eigenvalue weighted by Gasteiger charge is -2.26. The van der Waals surface area contributed by atoms with Gasteiger partial charge in [-0.15, -0.1) is 0 Å². The number of carbonyl (C=O) groups excluding carboxylic acids is 2. The topological polar surface area (TPSA) is 81.6 Å². The Bertz CT molecular complexity index is 1170. The van der Waals surface area contributed by atoms with Crippen molar-refractivity contribution in [3.05, 3.63) is 59.7 Å². The van der Waals surface area contributed by atoms with E-state index in [1.165, 1.54) is 11.3 Å². The molecule has 5 rings (SSSR count). The van der Waals surface area contributed by atoms with Gasteiger partial charge in [0.1, 0.15) is 12.4 Å². The van der Waals surface area contributed by atoms with Gasteiger partial charge in [0.15, 0.2) is 17.7 Å². The first kappa shape index (κ1) is 20.6. The van der Waals surface area contributed by atoms with Crippen molar-refractivity contribution in [2.24, 2.45) is 5.92 Å². The molecule has 1 unspecified atom stereocenters. The van der Waals surface area contributed by atoms with E-state index in [0.717, 1.165) is 36.6 Å². The van der Waals surface area contributed by atoms with Gasteiger partial charge in [0, 0.05) is 28.5 Å². The highest BCUT2D eigenvalue weighted by Crippen LogP contribution is 2.38. The second kappa shape index (κ2) is 8.67. The van der Waals surface area contributed by atoms with E-state index in [-0.39, 0.29) is 24.2 Å². The molecule has 1 fully saturated rings. The lowest BCUT2D eigenvalue weighted by molar-refractivity contribution is -0.130. The summed E-state index contributed by atoms with van der Waals surface area (Å²) in [5.74, 6) is 0.837. The van der Waals surface area contributed by atoms with E-state index in [2.05, 4.69) is 9.97 Å². The minimum Gasteiger partial charge on any atom is -0.481 e. The Morgan fingerprint density at radius 1 is 1.03 bits per heavy atom. The molecule has 3 aromatic rings. The second-order valence-corrected chi connectivity index (χ2v) is 8.30. The van der Waals surface area contributed by atoms with Crippen molar-refractivity contribution in [3.63, 3.8) is 0 Å². The molecule has 7 nitrogen and oxygen atoms in total. The molecule has 3 heterocycles. The maximum Gasteiger partial charge on any atom is 0.262 e. The number of carbonyl (C=O) groups is 2. The molecule has 2 aliphatic rings.